The van der Waals surface area contributed by atoms with Crippen LogP contribution in [0, 0.1) is 56.7 Å². The highest BCUT2D eigenvalue weighted by molar-refractivity contribution is 5.71. The van der Waals surface area contributed by atoms with Crippen LogP contribution in [0.3, 0.4) is 0 Å². The molecule has 0 radical (unpaired) electrons. The Balaban J connectivity index is 1.00. The molecule has 17 heteroatoms. The molecule has 24 atom stereocenters. The molecule has 0 aromatic carbocycles. The number of aliphatic hydroxyl groups excluding tert-OH is 9. The molecule has 8 aliphatic rings. The maximum absolute atomic E-state index is 12.3. The predicted molar refractivity (Wildman–Crippen MR) is 225 cm³/mol. The molecule has 366 valence electrons. The third-order valence-electron chi connectivity index (χ3n) is 19.0. The molecule has 0 bridgehead atoms. The number of allylic oxidation sites excluding steroid dienone is 2. The lowest BCUT2D eigenvalue weighted by molar-refractivity contribution is -0.382. The second-order valence-corrected chi connectivity index (χ2v) is 22.7. The van der Waals surface area contributed by atoms with Crippen LogP contribution in [0.1, 0.15) is 106 Å². The van der Waals surface area contributed by atoms with Gasteiger partial charge in [-0.2, -0.15) is 0 Å². The molecule has 0 spiro atoms. The predicted octanol–water partition coefficient (Wildman–Crippen LogP) is 1.20. The van der Waals surface area contributed by atoms with Gasteiger partial charge in [0.1, 0.15) is 61.0 Å². The molecule has 3 saturated heterocycles. The van der Waals surface area contributed by atoms with Gasteiger partial charge in [0.2, 0.25) is 0 Å². The minimum atomic E-state index is -1.75. The first-order chi connectivity index (χ1) is 29.9. The Morgan fingerprint density at radius 2 is 1.47 bits per heavy atom. The first kappa shape index (κ1) is 49.0. The Morgan fingerprint density at radius 1 is 0.766 bits per heavy atom. The molecule has 64 heavy (non-hydrogen) atoms. The molecule has 4 saturated carbocycles. The lowest BCUT2D eigenvalue weighted by Crippen LogP contribution is -2.66. The van der Waals surface area contributed by atoms with Crippen LogP contribution < -0.4 is 0 Å². The van der Waals surface area contributed by atoms with E-state index in [2.05, 4.69) is 40.7 Å². The quantitative estimate of drug-likeness (QED) is 0.146. The van der Waals surface area contributed by atoms with Crippen LogP contribution in [-0.4, -0.2) is 169 Å². The molecule has 0 amide bonds. The summed E-state index contributed by atoms with van der Waals surface area (Å²) in [6.45, 7) is 13.9. The van der Waals surface area contributed by atoms with E-state index in [0.717, 1.165) is 51.4 Å². The Morgan fingerprint density at radius 3 is 2.16 bits per heavy atom. The highest BCUT2D eigenvalue weighted by atomic mass is 16.8. The highest BCUT2D eigenvalue weighted by Gasteiger charge is 2.68. The van der Waals surface area contributed by atoms with E-state index in [1.54, 1.807) is 0 Å². The molecule has 0 aromatic rings. The minimum Gasteiger partial charge on any atom is -0.481 e. The summed E-state index contributed by atoms with van der Waals surface area (Å²) >= 11 is 0. The number of fused-ring (bicyclic) bond motifs is 7. The van der Waals surface area contributed by atoms with E-state index in [1.807, 2.05) is 6.92 Å². The van der Waals surface area contributed by atoms with Crippen molar-refractivity contribution in [1.29, 1.82) is 0 Å². The molecule has 3 aliphatic heterocycles. The third kappa shape index (κ3) is 7.76. The molecule has 8 rings (SSSR count). The van der Waals surface area contributed by atoms with Crippen molar-refractivity contribution in [3.05, 3.63) is 11.6 Å². The van der Waals surface area contributed by atoms with Crippen LogP contribution in [0.5, 0.6) is 0 Å². The van der Waals surface area contributed by atoms with E-state index < -0.39 is 117 Å². The summed E-state index contributed by atoms with van der Waals surface area (Å²) in [6.07, 6.45) is -12.1. The van der Waals surface area contributed by atoms with Gasteiger partial charge in [-0.25, -0.2) is 0 Å². The van der Waals surface area contributed by atoms with Gasteiger partial charge < -0.3 is 79.5 Å². The first-order valence-electron chi connectivity index (χ1n) is 23.8. The monoisotopic (exact) mass is 913 g/mol. The molecular formula is C47H76O17. The van der Waals surface area contributed by atoms with Crippen LogP contribution in [0.4, 0.5) is 0 Å². The van der Waals surface area contributed by atoms with Crippen LogP contribution in [0.2, 0.25) is 0 Å². The van der Waals surface area contributed by atoms with Crippen LogP contribution in [0.25, 0.3) is 0 Å². The number of hydrogen-bond donors (Lipinski definition) is 10. The zero-order valence-electron chi connectivity index (χ0n) is 38.4. The summed E-state index contributed by atoms with van der Waals surface area (Å²) < 4.78 is 35.6. The van der Waals surface area contributed by atoms with Gasteiger partial charge >= 0.3 is 5.97 Å². The van der Waals surface area contributed by atoms with Gasteiger partial charge in [-0.1, -0.05) is 53.2 Å². The van der Waals surface area contributed by atoms with Gasteiger partial charge in [0.25, 0.3) is 0 Å². The zero-order valence-corrected chi connectivity index (χ0v) is 38.4. The molecule has 0 aromatic heterocycles. The SMILES string of the molecule is CC1OC(OC2C(O)C(CO)OC(OCC3(C)C(O)CCC4(C)C3CCC3(C)C4CC=C4C5CC(C)(C)C(C(=O)O)CC5CCC43C)C2O)C(OC2OCC(O)C(O)C2O)C(O)C1O. The standard InChI is InChI=1S/C47H76O17/c1-21-31(51)34(54)38(64-40-35(55)32(52)26(49)19-59-40)42(61-21)63-37-33(53)27(18-48)62-41(36(37)56)60-20-45(5)28-11-15-47(7)29(44(28,4)13-12-30(45)50)9-8-24-23-17-43(2,3)25(39(57)58)16-22(23)10-14-46(24,47)6/h8,21-23,25-38,40-42,48-56H,9-20H2,1-7H3,(H,57,58). The van der Waals surface area contributed by atoms with Crippen molar-refractivity contribution in [2.75, 3.05) is 19.8 Å². The fraction of sp³-hybridized carbons (Fsp3) is 0.936. The van der Waals surface area contributed by atoms with Crippen molar-refractivity contribution in [2.45, 2.75) is 198 Å². The minimum absolute atomic E-state index is 0.0219. The maximum atomic E-state index is 12.3. The van der Waals surface area contributed by atoms with E-state index in [-0.39, 0.29) is 40.1 Å². The summed E-state index contributed by atoms with van der Waals surface area (Å²) in [6, 6.07) is 0. The third-order valence-corrected chi connectivity index (χ3v) is 19.0. The Hall–Kier alpha value is -1.39. The number of ether oxygens (including phenoxy) is 6. The average Bonchev–Trinajstić information content (AvgIpc) is 3.23. The van der Waals surface area contributed by atoms with E-state index in [9.17, 15) is 55.9 Å². The van der Waals surface area contributed by atoms with Crippen molar-refractivity contribution in [3.63, 3.8) is 0 Å². The van der Waals surface area contributed by atoms with E-state index in [1.165, 1.54) is 12.5 Å². The van der Waals surface area contributed by atoms with Gasteiger partial charge in [0, 0.05) is 5.41 Å². The number of hydrogen-bond acceptors (Lipinski definition) is 16. The average molecular weight is 913 g/mol. The van der Waals surface area contributed by atoms with Gasteiger partial charge in [0.05, 0.1) is 37.9 Å². The number of aliphatic hydroxyl groups is 9. The van der Waals surface area contributed by atoms with Gasteiger partial charge in [-0.15, -0.1) is 0 Å². The lowest BCUT2D eigenvalue weighted by Gasteiger charge is -2.70. The number of carbonyl (C=O) groups is 1. The summed E-state index contributed by atoms with van der Waals surface area (Å²) in [4.78, 5) is 12.3. The Bertz CT molecular complexity index is 1730. The van der Waals surface area contributed by atoms with E-state index in [4.69, 9.17) is 28.4 Å². The lowest BCUT2D eigenvalue weighted by atomic mass is 9.34. The van der Waals surface area contributed by atoms with Crippen LogP contribution in [0.15, 0.2) is 11.6 Å². The van der Waals surface area contributed by atoms with Crippen molar-refractivity contribution in [1.82, 2.24) is 0 Å². The number of carboxylic acids is 1. The smallest absolute Gasteiger partial charge is 0.307 e. The van der Waals surface area contributed by atoms with E-state index in [0.29, 0.717) is 24.2 Å². The molecule has 17 nitrogen and oxygen atoms in total. The maximum Gasteiger partial charge on any atom is 0.307 e. The van der Waals surface area contributed by atoms with Gasteiger partial charge in [-0.05, 0) is 110 Å². The van der Waals surface area contributed by atoms with Crippen LogP contribution >= 0.6 is 0 Å². The summed E-state index contributed by atoms with van der Waals surface area (Å²) in [5.74, 6) is 0.0199. The second-order valence-electron chi connectivity index (χ2n) is 22.7. The van der Waals surface area contributed by atoms with Crippen molar-refractivity contribution >= 4 is 5.97 Å². The molecular weight excluding hydrogens is 837 g/mol. The van der Waals surface area contributed by atoms with Gasteiger partial charge in [-0.3, -0.25) is 4.79 Å². The van der Waals surface area contributed by atoms with Gasteiger partial charge in [0.15, 0.2) is 18.9 Å². The van der Waals surface area contributed by atoms with Crippen molar-refractivity contribution < 1.29 is 84.3 Å². The fourth-order valence-corrected chi connectivity index (χ4v) is 14.9. The molecule has 7 fully saturated rings. The first-order valence-corrected chi connectivity index (χ1v) is 23.8. The number of rotatable bonds is 9. The van der Waals surface area contributed by atoms with Crippen molar-refractivity contribution in [3.8, 4) is 0 Å². The zero-order chi connectivity index (χ0) is 46.6. The molecule has 5 aliphatic carbocycles. The summed E-state index contributed by atoms with van der Waals surface area (Å²) in [5.41, 5.74) is 0.158. The highest BCUT2D eigenvalue weighted by Crippen LogP contribution is 2.74. The number of aliphatic carboxylic acids is 1. The van der Waals surface area contributed by atoms with E-state index >= 15 is 0 Å². The molecule has 24 unspecified atom stereocenters. The largest absolute Gasteiger partial charge is 0.481 e. The second kappa shape index (κ2) is 17.5. The topological polar surface area (TPSA) is 275 Å². The molecule has 10 N–H and O–H groups in total. The fourth-order valence-electron chi connectivity index (χ4n) is 14.9. The normalized spacial score (nSPS) is 55.0. The molecule has 3 heterocycles. The summed E-state index contributed by atoms with van der Waals surface area (Å²) in [5, 5.41) is 108. The number of carboxylic acid groups (broad SMARTS) is 1. The van der Waals surface area contributed by atoms with Crippen molar-refractivity contribution in [2.24, 2.45) is 56.7 Å². The Labute approximate surface area is 376 Å². The van der Waals surface area contributed by atoms with Crippen LogP contribution in [-0.2, 0) is 33.2 Å². The Kier molecular flexibility index (Phi) is 13.4. The summed E-state index contributed by atoms with van der Waals surface area (Å²) in [7, 11) is 0.